The summed E-state index contributed by atoms with van der Waals surface area (Å²) in [5.74, 6) is 1.23. The van der Waals surface area contributed by atoms with Gasteiger partial charge in [-0.2, -0.15) is 0 Å². The van der Waals surface area contributed by atoms with Crippen LogP contribution >= 0.6 is 11.6 Å². The van der Waals surface area contributed by atoms with Gasteiger partial charge in [-0.15, -0.1) is 0 Å². The van der Waals surface area contributed by atoms with E-state index in [1.807, 2.05) is 38.1 Å². The molecule has 0 aliphatic heterocycles. The van der Waals surface area contributed by atoms with E-state index in [1.54, 1.807) is 24.3 Å². The lowest BCUT2D eigenvalue weighted by molar-refractivity contribution is -0.123. The Labute approximate surface area is 141 Å². The molecule has 5 heteroatoms. The molecule has 0 spiro atoms. The van der Waals surface area contributed by atoms with Crippen LogP contribution in [0.15, 0.2) is 48.5 Å². The number of rotatable bonds is 7. The Hall–Kier alpha value is -2.20. The quantitative estimate of drug-likeness (QED) is 0.833. The first kappa shape index (κ1) is 17.2. The summed E-state index contributed by atoms with van der Waals surface area (Å²) in [5, 5.41) is 3.56. The highest BCUT2D eigenvalue weighted by Crippen LogP contribution is 2.18. The van der Waals surface area contributed by atoms with E-state index >= 15 is 0 Å². The highest BCUT2D eigenvalue weighted by molar-refractivity contribution is 6.30. The molecule has 0 aromatic heterocycles. The van der Waals surface area contributed by atoms with Gasteiger partial charge in [-0.25, -0.2) is 0 Å². The Balaban J connectivity index is 1.81. The highest BCUT2D eigenvalue weighted by Gasteiger charge is 2.10. The molecule has 1 N–H and O–H groups in total. The van der Waals surface area contributed by atoms with Crippen LogP contribution in [0.3, 0.4) is 0 Å². The van der Waals surface area contributed by atoms with Gasteiger partial charge in [0.05, 0.1) is 12.6 Å². The number of hydrogen-bond donors (Lipinski definition) is 1. The largest absolute Gasteiger partial charge is 0.494 e. The summed E-state index contributed by atoms with van der Waals surface area (Å²) in [6, 6.07) is 14.5. The van der Waals surface area contributed by atoms with E-state index in [9.17, 15) is 4.79 Å². The maximum Gasteiger partial charge on any atom is 0.258 e. The van der Waals surface area contributed by atoms with Gasteiger partial charge in [0.2, 0.25) is 0 Å². The summed E-state index contributed by atoms with van der Waals surface area (Å²) >= 11 is 5.85. The maximum atomic E-state index is 11.9. The van der Waals surface area contributed by atoms with Crippen LogP contribution in [0.2, 0.25) is 5.02 Å². The molecule has 4 nitrogen and oxygen atoms in total. The summed E-state index contributed by atoms with van der Waals surface area (Å²) < 4.78 is 10.8. The number of carbonyl (C=O) groups is 1. The Bertz CT molecular complexity index is 626. The minimum Gasteiger partial charge on any atom is -0.494 e. The molecule has 0 heterocycles. The minimum absolute atomic E-state index is 0.0358. The normalized spacial score (nSPS) is 11.6. The van der Waals surface area contributed by atoms with Crippen LogP contribution in [0, 0.1) is 0 Å². The molecule has 1 atom stereocenters. The van der Waals surface area contributed by atoms with Gasteiger partial charge in [-0.1, -0.05) is 23.7 Å². The van der Waals surface area contributed by atoms with Crippen molar-refractivity contribution in [1.29, 1.82) is 0 Å². The van der Waals surface area contributed by atoms with Gasteiger partial charge in [-0.3, -0.25) is 4.79 Å². The van der Waals surface area contributed by atoms with E-state index in [-0.39, 0.29) is 18.6 Å². The molecule has 23 heavy (non-hydrogen) atoms. The number of carbonyl (C=O) groups excluding carboxylic acids is 1. The fourth-order valence-electron chi connectivity index (χ4n) is 2.07. The van der Waals surface area contributed by atoms with Crippen molar-refractivity contribution in [2.75, 3.05) is 13.2 Å². The van der Waals surface area contributed by atoms with Gasteiger partial charge in [0.1, 0.15) is 11.5 Å². The zero-order chi connectivity index (χ0) is 16.7. The zero-order valence-electron chi connectivity index (χ0n) is 13.2. The molecular formula is C18H20ClNO3. The minimum atomic E-state index is -0.179. The molecule has 0 fully saturated rings. The Morgan fingerprint density at radius 1 is 1.04 bits per heavy atom. The van der Waals surface area contributed by atoms with Crippen molar-refractivity contribution in [2.24, 2.45) is 0 Å². The molecule has 0 saturated heterocycles. The third-order valence-corrected chi connectivity index (χ3v) is 3.50. The van der Waals surface area contributed by atoms with Gasteiger partial charge in [0, 0.05) is 5.02 Å². The lowest BCUT2D eigenvalue weighted by Crippen LogP contribution is -2.31. The van der Waals surface area contributed by atoms with Crippen molar-refractivity contribution in [3.8, 4) is 11.5 Å². The van der Waals surface area contributed by atoms with Crippen molar-refractivity contribution in [2.45, 2.75) is 19.9 Å². The molecule has 2 aromatic rings. The van der Waals surface area contributed by atoms with E-state index in [0.29, 0.717) is 17.4 Å². The molecule has 2 rings (SSSR count). The van der Waals surface area contributed by atoms with Crippen LogP contribution in [0.1, 0.15) is 25.5 Å². The Kier molecular flexibility index (Phi) is 6.29. The van der Waals surface area contributed by atoms with Crippen molar-refractivity contribution in [3.63, 3.8) is 0 Å². The van der Waals surface area contributed by atoms with Crippen LogP contribution in [0.5, 0.6) is 11.5 Å². The van der Waals surface area contributed by atoms with Gasteiger partial charge < -0.3 is 14.8 Å². The number of hydrogen-bond acceptors (Lipinski definition) is 3. The maximum absolute atomic E-state index is 11.9. The molecule has 0 bridgehead atoms. The number of benzene rings is 2. The fraction of sp³-hybridized carbons (Fsp3) is 0.278. The van der Waals surface area contributed by atoms with E-state index in [1.165, 1.54) is 0 Å². The lowest BCUT2D eigenvalue weighted by Gasteiger charge is -2.15. The first-order valence-electron chi connectivity index (χ1n) is 7.49. The predicted molar refractivity (Wildman–Crippen MR) is 91.1 cm³/mol. The molecule has 0 aliphatic rings. The smallest absolute Gasteiger partial charge is 0.258 e. The summed E-state index contributed by atoms with van der Waals surface area (Å²) in [7, 11) is 0. The van der Waals surface area contributed by atoms with Gasteiger partial charge >= 0.3 is 0 Å². The van der Waals surface area contributed by atoms with Crippen LogP contribution in [-0.2, 0) is 4.79 Å². The summed E-state index contributed by atoms with van der Waals surface area (Å²) in [6.45, 7) is 4.42. The van der Waals surface area contributed by atoms with Gasteiger partial charge in [0.15, 0.2) is 6.61 Å². The number of halogens is 1. The van der Waals surface area contributed by atoms with Crippen LogP contribution < -0.4 is 14.8 Å². The molecule has 0 radical (unpaired) electrons. The number of amides is 1. The van der Waals surface area contributed by atoms with Crippen molar-refractivity contribution in [1.82, 2.24) is 5.32 Å². The zero-order valence-corrected chi connectivity index (χ0v) is 14.0. The second-order valence-corrected chi connectivity index (χ2v) is 5.47. The SMILES string of the molecule is CCOc1ccc(OCC(=O)N[C@H](C)c2ccc(Cl)cc2)cc1. The molecule has 0 saturated carbocycles. The van der Waals surface area contributed by atoms with E-state index in [0.717, 1.165) is 11.3 Å². The molecule has 0 aliphatic carbocycles. The van der Waals surface area contributed by atoms with Gasteiger partial charge in [-0.05, 0) is 55.8 Å². The van der Waals surface area contributed by atoms with Crippen LogP contribution in [0.25, 0.3) is 0 Å². The number of ether oxygens (including phenoxy) is 2. The topological polar surface area (TPSA) is 47.6 Å². The van der Waals surface area contributed by atoms with Crippen LogP contribution in [-0.4, -0.2) is 19.1 Å². The first-order chi connectivity index (χ1) is 11.1. The van der Waals surface area contributed by atoms with E-state index in [4.69, 9.17) is 21.1 Å². The van der Waals surface area contributed by atoms with E-state index < -0.39 is 0 Å². The average molecular weight is 334 g/mol. The second kappa shape index (κ2) is 8.44. The number of nitrogens with one attached hydrogen (secondary N) is 1. The summed E-state index contributed by atoms with van der Waals surface area (Å²) in [4.78, 5) is 11.9. The lowest BCUT2D eigenvalue weighted by atomic mass is 10.1. The van der Waals surface area contributed by atoms with Crippen LogP contribution in [0.4, 0.5) is 0 Å². The third kappa shape index (κ3) is 5.49. The van der Waals surface area contributed by atoms with Crippen molar-refractivity contribution >= 4 is 17.5 Å². The Morgan fingerprint density at radius 3 is 2.17 bits per heavy atom. The summed E-state index contributed by atoms with van der Waals surface area (Å²) in [5.41, 5.74) is 0.990. The molecule has 1 amide bonds. The average Bonchev–Trinajstić information content (AvgIpc) is 2.55. The van der Waals surface area contributed by atoms with Crippen molar-refractivity contribution in [3.05, 3.63) is 59.1 Å². The third-order valence-electron chi connectivity index (χ3n) is 3.25. The molecule has 0 unspecified atom stereocenters. The molecular weight excluding hydrogens is 314 g/mol. The first-order valence-corrected chi connectivity index (χ1v) is 7.86. The second-order valence-electron chi connectivity index (χ2n) is 5.03. The monoisotopic (exact) mass is 333 g/mol. The highest BCUT2D eigenvalue weighted by atomic mass is 35.5. The van der Waals surface area contributed by atoms with Gasteiger partial charge in [0.25, 0.3) is 5.91 Å². The predicted octanol–water partition coefficient (Wildman–Crippen LogP) is 3.99. The summed E-state index contributed by atoms with van der Waals surface area (Å²) in [6.07, 6.45) is 0. The molecule has 122 valence electrons. The fourth-order valence-corrected chi connectivity index (χ4v) is 2.19. The standard InChI is InChI=1S/C18H20ClNO3/c1-3-22-16-8-10-17(11-9-16)23-12-18(21)20-13(2)14-4-6-15(19)7-5-14/h4-11,13H,3,12H2,1-2H3,(H,20,21)/t13-/m1/s1. The van der Waals surface area contributed by atoms with E-state index in [2.05, 4.69) is 5.32 Å². The van der Waals surface area contributed by atoms with Crippen molar-refractivity contribution < 1.29 is 14.3 Å². The Morgan fingerprint density at radius 2 is 1.61 bits per heavy atom. The molecule has 2 aromatic carbocycles.